The minimum Gasteiger partial charge on any atom is -0.481 e. The minimum atomic E-state index is -0.833. The molecule has 0 aliphatic rings. The molecule has 0 aliphatic carbocycles. The zero-order valence-corrected chi connectivity index (χ0v) is 6.71. The number of carbonyl (C=O) groups is 2. The Hall–Kier alpha value is -1.22. The van der Waals surface area contributed by atoms with Crippen LogP contribution in [0, 0.1) is 0 Å². The Bertz CT molecular complexity index is 69.1. The lowest BCUT2D eigenvalue weighted by Crippen LogP contribution is -1.78. The lowest BCUT2D eigenvalue weighted by molar-refractivity contribution is -0.135. The third-order valence-corrected chi connectivity index (χ3v) is 0. The van der Waals surface area contributed by atoms with E-state index in [1.165, 1.54) is 0 Å². The fraction of sp³-hybridized carbons (Fsp3) is 0.500. The third kappa shape index (κ3) is 357. The van der Waals surface area contributed by atoms with Gasteiger partial charge in [-0.3, -0.25) is 9.59 Å². The summed E-state index contributed by atoms with van der Waals surface area (Å²) in [5, 5.41) is 14.8. The van der Waals surface area contributed by atoms with E-state index >= 15 is 0 Å². The van der Waals surface area contributed by atoms with Crippen LogP contribution >= 0.6 is 0 Å². The number of aliphatic carboxylic acids is 2. The monoisotopic (exact) mass is 192 g/mol. The normalized spacial score (nSPS) is 4.17. The maximum absolute atomic E-state index is 9.00. The van der Waals surface area contributed by atoms with Gasteiger partial charge in [0.1, 0.15) is 0 Å². The van der Waals surface area contributed by atoms with Gasteiger partial charge in [-0.15, -0.1) is 0 Å². The molecule has 0 aliphatic heterocycles. The highest BCUT2D eigenvalue weighted by atomic mass is 16.4. The summed E-state index contributed by atoms with van der Waals surface area (Å²) >= 11 is 0. The average Bonchev–Trinajstić information content (AvgIpc) is 1.25. The van der Waals surface area contributed by atoms with Crippen molar-refractivity contribution in [1.82, 2.24) is 0 Å². The van der Waals surface area contributed by atoms with Crippen LogP contribution in [0.25, 0.3) is 0 Å². The van der Waals surface area contributed by atoms with Gasteiger partial charge in [-0.05, 0) is 0 Å². The van der Waals surface area contributed by atoms with Crippen molar-refractivity contribution < 1.29 is 41.7 Å². The number of carboxylic acids is 2. The van der Waals surface area contributed by atoms with Gasteiger partial charge in [0.2, 0.25) is 0 Å². The highest BCUT2D eigenvalue weighted by molar-refractivity contribution is 5.63. The van der Waals surface area contributed by atoms with Gasteiger partial charge in [0.25, 0.3) is 11.9 Å². The molecule has 0 radical (unpaired) electrons. The molecule has 0 aromatic rings. The summed E-state index contributed by atoms with van der Waals surface area (Å²) in [4.78, 5) is 18.0. The molecule has 8 nitrogen and oxygen atoms in total. The second kappa shape index (κ2) is 33.0. The van der Waals surface area contributed by atoms with Gasteiger partial charge in [-0.25, -0.2) is 0 Å². The highest BCUT2D eigenvalue weighted by Crippen LogP contribution is 1.42. The van der Waals surface area contributed by atoms with E-state index in [-0.39, 0.29) is 21.9 Å². The van der Waals surface area contributed by atoms with Crippen LogP contribution in [0.3, 0.4) is 0 Å². The van der Waals surface area contributed by atoms with E-state index in [0.29, 0.717) is 0 Å². The summed E-state index contributed by atoms with van der Waals surface area (Å²) in [5.41, 5.74) is 0. The summed E-state index contributed by atoms with van der Waals surface area (Å²) in [6, 6.07) is 0. The first-order valence-electron chi connectivity index (χ1n) is 1.86. The lowest BCUT2D eigenvalue weighted by atomic mass is 10.9. The first-order valence-corrected chi connectivity index (χ1v) is 1.86. The third-order valence-electron chi connectivity index (χ3n) is 0. The van der Waals surface area contributed by atoms with Crippen LogP contribution in [0.2, 0.25) is 0 Å². The average molecular weight is 192 g/mol. The van der Waals surface area contributed by atoms with E-state index in [0.717, 1.165) is 13.8 Å². The predicted molar refractivity (Wildman–Crippen MR) is 41.1 cm³/mol. The molecule has 0 saturated heterocycles. The zero-order chi connectivity index (χ0) is 7.15. The van der Waals surface area contributed by atoms with Gasteiger partial charge in [-0.2, -0.15) is 0 Å². The summed E-state index contributed by atoms with van der Waals surface area (Å²) < 4.78 is 0. The maximum atomic E-state index is 9.00. The van der Waals surface area contributed by atoms with E-state index in [1.54, 1.807) is 0 Å². The molecule has 0 amide bonds. The van der Waals surface area contributed by atoms with E-state index < -0.39 is 11.9 Å². The molecule has 0 unspecified atom stereocenters. The fourth-order valence-corrected chi connectivity index (χ4v) is 0. The topological polar surface area (TPSA) is 201 Å². The van der Waals surface area contributed by atoms with Crippen molar-refractivity contribution in [3.05, 3.63) is 0 Å². The molecule has 0 fully saturated rings. The van der Waals surface area contributed by atoms with Crippen molar-refractivity contribution in [3.63, 3.8) is 0 Å². The first kappa shape index (κ1) is 45.1. The van der Waals surface area contributed by atoms with Crippen LogP contribution in [-0.2, 0) is 9.59 Å². The maximum Gasteiger partial charge on any atom is 0.300 e. The molecule has 10 N–H and O–H groups in total. The quantitative estimate of drug-likeness (QED) is 0.408. The number of carboxylic acid groups (broad SMARTS) is 2. The van der Waals surface area contributed by atoms with Crippen molar-refractivity contribution >= 4 is 11.9 Å². The fourth-order valence-electron chi connectivity index (χ4n) is 0. The molecule has 0 aromatic carbocycles. The highest BCUT2D eigenvalue weighted by Gasteiger charge is 1.65. The van der Waals surface area contributed by atoms with E-state index in [9.17, 15) is 0 Å². The Kier molecular flexibility index (Phi) is 124. The Morgan fingerprint density at radius 1 is 0.750 bits per heavy atom. The van der Waals surface area contributed by atoms with Gasteiger partial charge in [0.05, 0.1) is 0 Å². The molecular weight excluding hydrogens is 176 g/mol. The van der Waals surface area contributed by atoms with Gasteiger partial charge < -0.3 is 32.1 Å². The lowest BCUT2D eigenvalue weighted by Gasteiger charge is -1.59. The number of hydrogen-bond donors (Lipinski definition) is 2. The largest absolute Gasteiger partial charge is 0.481 e. The number of hydrogen-bond acceptors (Lipinski definition) is 2. The standard InChI is InChI=1S/2C2H4O2.4H2O/c2*1-2(3)4;;;;/h2*1H3,(H,3,4);4*1H2. The molecular formula is C4H16O8. The van der Waals surface area contributed by atoms with Crippen LogP contribution in [0.5, 0.6) is 0 Å². The summed E-state index contributed by atoms with van der Waals surface area (Å²) in [7, 11) is 0. The van der Waals surface area contributed by atoms with E-state index in [1.807, 2.05) is 0 Å². The molecule has 0 aromatic heterocycles. The summed E-state index contributed by atoms with van der Waals surface area (Å²) in [5.74, 6) is -1.67. The minimum absolute atomic E-state index is 0. The Labute approximate surface area is 68.7 Å². The molecule has 0 saturated carbocycles. The zero-order valence-electron chi connectivity index (χ0n) is 6.71. The molecule has 80 valence electrons. The number of rotatable bonds is 0. The van der Waals surface area contributed by atoms with Crippen molar-refractivity contribution in [3.8, 4) is 0 Å². The van der Waals surface area contributed by atoms with Crippen LogP contribution in [0.1, 0.15) is 13.8 Å². The molecule has 0 atom stereocenters. The Balaban J connectivity index is -0.0000000112. The van der Waals surface area contributed by atoms with Crippen LogP contribution in [-0.4, -0.2) is 44.1 Å². The smallest absolute Gasteiger partial charge is 0.300 e. The van der Waals surface area contributed by atoms with Gasteiger partial charge in [0, 0.05) is 13.8 Å². The van der Waals surface area contributed by atoms with Crippen LogP contribution in [0.4, 0.5) is 0 Å². The van der Waals surface area contributed by atoms with Crippen molar-refractivity contribution in [2.45, 2.75) is 13.8 Å². The van der Waals surface area contributed by atoms with Gasteiger partial charge in [0.15, 0.2) is 0 Å². The Morgan fingerprint density at radius 2 is 0.750 bits per heavy atom. The van der Waals surface area contributed by atoms with Gasteiger partial charge >= 0.3 is 0 Å². The Morgan fingerprint density at radius 3 is 0.750 bits per heavy atom. The molecule has 8 heteroatoms. The molecule has 0 spiro atoms. The molecule has 12 heavy (non-hydrogen) atoms. The van der Waals surface area contributed by atoms with Crippen molar-refractivity contribution in [2.24, 2.45) is 0 Å². The van der Waals surface area contributed by atoms with Crippen molar-refractivity contribution in [1.29, 1.82) is 0 Å². The first-order chi connectivity index (χ1) is 3.46. The van der Waals surface area contributed by atoms with Crippen LogP contribution in [0.15, 0.2) is 0 Å². The van der Waals surface area contributed by atoms with Crippen molar-refractivity contribution in [2.75, 3.05) is 0 Å². The van der Waals surface area contributed by atoms with Crippen LogP contribution < -0.4 is 0 Å². The molecule has 0 bridgehead atoms. The van der Waals surface area contributed by atoms with E-state index in [4.69, 9.17) is 19.8 Å². The second-order valence-corrected chi connectivity index (χ2v) is 1.04. The van der Waals surface area contributed by atoms with Gasteiger partial charge in [-0.1, -0.05) is 0 Å². The predicted octanol–water partition coefficient (Wildman–Crippen LogP) is -3.12. The second-order valence-electron chi connectivity index (χ2n) is 1.04. The van der Waals surface area contributed by atoms with E-state index in [2.05, 4.69) is 0 Å². The summed E-state index contributed by atoms with van der Waals surface area (Å²) in [6.45, 7) is 2.17. The summed E-state index contributed by atoms with van der Waals surface area (Å²) in [6.07, 6.45) is 0. The molecule has 0 rings (SSSR count). The SMILES string of the molecule is CC(=O)O.CC(=O)O.O.O.O.O. The molecule has 0 heterocycles.